The monoisotopic (exact) mass is 289 g/mol. The maximum atomic E-state index is 12.6. The summed E-state index contributed by atoms with van der Waals surface area (Å²) < 4.78 is 75.3. The number of hydrogen-bond donors (Lipinski definition) is 2. The Balaban J connectivity index is 3.62. The third-order valence-electron chi connectivity index (χ3n) is 2.09. The van der Waals surface area contributed by atoms with Crippen molar-refractivity contribution in [2.75, 3.05) is 0 Å². The van der Waals surface area contributed by atoms with Crippen LogP contribution in [0.2, 0.25) is 0 Å². The highest BCUT2D eigenvalue weighted by Crippen LogP contribution is 2.42. The molecule has 1 rings (SSSR count). The van der Waals surface area contributed by atoms with Gasteiger partial charge in [-0.25, -0.2) is 4.79 Å². The molecule has 0 aliphatic heterocycles. The molecular weight excluding hydrogens is 284 g/mol. The number of pyridine rings is 1. The van der Waals surface area contributed by atoms with Crippen molar-refractivity contribution in [3.05, 3.63) is 29.1 Å². The van der Waals surface area contributed by atoms with Crippen LogP contribution in [0.15, 0.2) is 12.4 Å². The molecule has 106 valence electrons. The van der Waals surface area contributed by atoms with E-state index in [1.54, 1.807) is 0 Å². The van der Waals surface area contributed by atoms with Crippen LogP contribution in [0.1, 0.15) is 22.8 Å². The fraction of sp³-hybridized carbons (Fsp3) is 0.333. The van der Waals surface area contributed by atoms with E-state index in [2.05, 4.69) is 4.98 Å². The van der Waals surface area contributed by atoms with Crippen molar-refractivity contribution in [1.82, 2.24) is 4.98 Å². The Kier molecular flexibility index (Phi) is 3.75. The summed E-state index contributed by atoms with van der Waals surface area (Å²) >= 11 is 0. The Morgan fingerprint density at radius 1 is 1.11 bits per heavy atom. The first kappa shape index (κ1) is 15.2. The SMILES string of the molecule is O=C(O)C(O)c1cncc(C(F)(F)F)c1C(F)(F)F. The van der Waals surface area contributed by atoms with Gasteiger partial charge in [0.1, 0.15) is 0 Å². The zero-order chi connectivity index (χ0) is 15.0. The lowest BCUT2D eigenvalue weighted by Gasteiger charge is -2.19. The summed E-state index contributed by atoms with van der Waals surface area (Å²) in [6.07, 6.45) is -13.5. The van der Waals surface area contributed by atoms with Gasteiger partial charge in [0.25, 0.3) is 0 Å². The van der Waals surface area contributed by atoms with Crippen LogP contribution >= 0.6 is 0 Å². The average molecular weight is 289 g/mol. The van der Waals surface area contributed by atoms with E-state index in [4.69, 9.17) is 10.2 Å². The highest BCUT2D eigenvalue weighted by Gasteiger charge is 2.46. The van der Waals surface area contributed by atoms with E-state index < -0.39 is 41.1 Å². The Bertz CT molecular complexity index is 496. The number of aromatic nitrogens is 1. The Morgan fingerprint density at radius 3 is 2.00 bits per heavy atom. The van der Waals surface area contributed by atoms with Gasteiger partial charge in [0.2, 0.25) is 0 Å². The van der Waals surface area contributed by atoms with Crippen molar-refractivity contribution >= 4 is 5.97 Å². The highest BCUT2D eigenvalue weighted by atomic mass is 19.4. The summed E-state index contributed by atoms with van der Waals surface area (Å²) in [4.78, 5) is 13.3. The molecule has 0 aliphatic carbocycles. The predicted octanol–water partition coefficient (Wildman–Crippen LogP) is 2.24. The molecule has 1 unspecified atom stereocenters. The molecule has 0 saturated heterocycles. The molecule has 0 aromatic carbocycles. The molecule has 0 radical (unpaired) electrons. The molecular formula is C9H5F6NO3. The lowest BCUT2D eigenvalue weighted by Crippen LogP contribution is -2.23. The van der Waals surface area contributed by atoms with E-state index in [1.165, 1.54) is 0 Å². The van der Waals surface area contributed by atoms with Crippen LogP contribution < -0.4 is 0 Å². The van der Waals surface area contributed by atoms with E-state index >= 15 is 0 Å². The van der Waals surface area contributed by atoms with Gasteiger partial charge in [-0.05, 0) is 0 Å². The van der Waals surface area contributed by atoms with Crippen LogP contribution in [0, 0.1) is 0 Å². The number of nitrogens with zero attached hydrogens (tertiary/aromatic N) is 1. The smallest absolute Gasteiger partial charge is 0.418 e. The van der Waals surface area contributed by atoms with Gasteiger partial charge in [0.05, 0.1) is 11.1 Å². The van der Waals surface area contributed by atoms with Gasteiger partial charge in [0, 0.05) is 18.0 Å². The zero-order valence-corrected chi connectivity index (χ0v) is 8.75. The van der Waals surface area contributed by atoms with E-state index in [9.17, 15) is 31.1 Å². The number of carboxylic acid groups (broad SMARTS) is 1. The Morgan fingerprint density at radius 2 is 1.63 bits per heavy atom. The van der Waals surface area contributed by atoms with Gasteiger partial charge >= 0.3 is 18.3 Å². The summed E-state index contributed by atoms with van der Waals surface area (Å²) in [7, 11) is 0. The number of carbonyl (C=O) groups is 1. The second-order valence-corrected chi connectivity index (χ2v) is 3.39. The number of carboxylic acids is 1. The van der Waals surface area contributed by atoms with Crippen LogP contribution in [0.4, 0.5) is 26.3 Å². The second kappa shape index (κ2) is 4.68. The highest BCUT2D eigenvalue weighted by molar-refractivity contribution is 5.74. The molecule has 0 saturated carbocycles. The number of aliphatic hydroxyl groups is 1. The molecule has 2 N–H and O–H groups in total. The Hall–Kier alpha value is -1.84. The summed E-state index contributed by atoms with van der Waals surface area (Å²) in [5.74, 6) is -2.12. The molecule has 0 fully saturated rings. The number of rotatable bonds is 2. The fourth-order valence-electron chi connectivity index (χ4n) is 1.35. The van der Waals surface area contributed by atoms with Crippen molar-refractivity contribution in [2.45, 2.75) is 18.5 Å². The van der Waals surface area contributed by atoms with Gasteiger partial charge in [-0.2, -0.15) is 26.3 Å². The van der Waals surface area contributed by atoms with Crippen LogP contribution in [0.5, 0.6) is 0 Å². The lowest BCUT2D eigenvalue weighted by atomic mass is 9.99. The zero-order valence-electron chi connectivity index (χ0n) is 8.75. The van der Waals surface area contributed by atoms with Gasteiger partial charge in [-0.15, -0.1) is 0 Å². The largest absolute Gasteiger partial charge is 0.479 e. The molecule has 19 heavy (non-hydrogen) atoms. The van der Waals surface area contributed by atoms with E-state index in [0.717, 1.165) is 0 Å². The normalized spacial score (nSPS) is 14.3. The fourth-order valence-corrected chi connectivity index (χ4v) is 1.35. The second-order valence-electron chi connectivity index (χ2n) is 3.39. The Labute approximate surface area is 101 Å². The lowest BCUT2D eigenvalue weighted by molar-refractivity contribution is -0.164. The molecule has 4 nitrogen and oxygen atoms in total. The van der Waals surface area contributed by atoms with Crippen molar-refractivity contribution in [3.63, 3.8) is 0 Å². The minimum atomic E-state index is -5.49. The molecule has 1 aromatic rings. The topological polar surface area (TPSA) is 70.4 Å². The van der Waals surface area contributed by atoms with Gasteiger partial charge in [0.15, 0.2) is 6.10 Å². The van der Waals surface area contributed by atoms with E-state index in [1.807, 2.05) is 0 Å². The summed E-state index contributed by atoms with van der Waals surface area (Å²) in [5.41, 5.74) is -5.88. The van der Waals surface area contributed by atoms with Gasteiger partial charge in [-0.3, -0.25) is 4.98 Å². The molecule has 1 atom stereocenters. The van der Waals surface area contributed by atoms with Crippen molar-refractivity contribution in [3.8, 4) is 0 Å². The average Bonchev–Trinajstić information content (AvgIpc) is 2.24. The number of hydrogen-bond acceptors (Lipinski definition) is 3. The van der Waals surface area contributed by atoms with Gasteiger partial charge < -0.3 is 10.2 Å². The van der Waals surface area contributed by atoms with Crippen LogP contribution in [-0.4, -0.2) is 21.2 Å². The first-order valence-corrected chi connectivity index (χ1v) is 4.49. The van der Waals surface area contributed by atoms with Gasteiger partial charge in [-0.1, -0.05) is 0 Å². The quantitative estimate of drug-likeness (QED) is 0.819. The summed E-state index contributed by atoms with van der Waals surface area (Å²) in [6, 6.07) is 0. The summed E-state index contributed by atoms with van der Waals surface area (Å²) in [6.45, 7) is 0. The molecule has 1 aromatic heterocycles. The summed E-state index contributed by atoms with van der Waals surface area (Å²) in [5, 5.41) is 17.4. The van der Waals surface area contributed by atoms with Crippen molar-refractivity contribution < 1.29 is 41.4 Å². The maximum absolute atomic E-state index is 12.6. The predicted molar refractivity (Wildman–Crippen MR) is 46.8 cm³/mol. The van der Waals surface area contributed by atoms with Crippen LogP contribution in [-0.2, 0) is 17.1 Å². The number of aliphatic hydroxyl groups excluding tert-OH is 1. The number of alkyl halides is 6. The molecule has 0 aliphatic rings. The molecule has 1 heterocycles. The third-order valence-corrected chi connectivity index (χ3v) is 2.09. The first-order chi connectivity index (χ1) is 8.46. The molecule has 10 heteroatoms. The molecule has 0 bridgehead atoms. The number of halogens is 6. The van der Waals surface area contributed by atoms with Crippen LogP contribution in [0.3, 0.4) is 0 Å². The third kappa shape index (κ3) is 3.13. The minimum Gasteiger partial charge on any atom is -0.479 e. The van der Waals surface area contributed by atoms with Crippen molar-refractivity contribution in [1.29, 1.82) is 0 Å². The molecule has 0 amide bonds. The van der Waals surface area contributed by atoms with Crippen LogP contribution in [0.25, 0.3) is 0 Å². The molecule has 0 spiro atoms. The van der Waals surface area contributed by atoms with Crippen molar-refractivity contribution in [2.24, 2.45) is 0 Å². The maximum Gasteiger partial charge on any atom is 0.418 e. The standard InChI is InChI=1S/C9H5F6NO3/c10-8(11,12)4-2-16-1-3(6(17)7(18)19)5(4)9(13,14)15/h1-2,6,17H,(H,18,19). The number of aliphatic carboxylic acids is 1. The minimum absolute atomic E-state index is 0.0824. The van der Waals surface area contributed by atoms with E-state index in [0.29, 0.717) is 0 Å². The first-order valence-electron chi connectivity index (χ1n) is 4.49. The van der Waals surface area contributed by atoms with E-state index in [-0.39, 0.29) is 12.4 Å².